The van der Waals surface area contributed by atoms with Crippen molar-refractivity contribution < 1.29 is 19.4 Å². The van der Waals surface area contributed by atoms with Gasteiger partial charge in [0, 0.05) is 6.07 Å². The summed E-state index contributed by atoms with van der Waals surface area (Å²) < 4.78 is 13.5. The molecule has 278 valence electrons. The number of rotatable bonds is 29. The van der Waals surface area contributed by atoms with E-state index >= 15 is 0 Å². The van der Waals surface area contributed by atoms with Crippen molar-refractivity contribution in [2.75, 3.05) is 11.5 Å². The zero-order valence-electron chi connectivity index (χ0n) is 30.6. The monoisotopic (exact) mass is 786 g/mol. The first kappa shape index (κ1) is 46.4. The Morgan fingerprint density at radius 2 is 0.878 bits per heavy atom. The van der Waals surface area contributed by atoms with E-state index in [4.69, 9.17) is 58.3 Å². The highest BCUT2D eigenvalue weighted by Crippen LogP contribution is 2.28. The molecule has 1 aromatic carbocycles. The van der Waals surface area contributed by atoms with Gasteiger partial charge in [-0.1, -0.05) is 154 Å². The second-order valence-corrected chi connectivity index (χ2v) is 17.5. The van der Waals surface area contributed by atoms with E-state index < -0.39 is 5.97 Å². The van der Waals surface area contributed by atoms with E-state index in [1.807, 2.05) is 13.8 Å². The Labute approximate surface area is 328 Å². The second kappa shape index (κ2) is 29.9. The lowest BCUT2D eigenvalue weighted by atomic mass is 10.1. The Morgan fingerprint density at radius 3 is 1.18 bits per heavy atom. The van der Waals surface area contributed by atoms with Crippen LogP contribution >= 0.6 is 72.4 Å². The van der Waals surface area contributed by atoms with E-state index in [9.17, 15) is 9.90 Å². The molecule has 2 atom stereocenters. The van der Waals surface area contributed by atoms with Crippen molar-refractivity contribution >= 4 is 96.9 Å². The standard InChI is InChI=1S/C39H62O4S6/c1-5-7-9-11-13-15-17-19-21-23-25-48-38(46)30(3)36(44)42-33-27-32(35(40)41)28-34(29-33)43-37(45)31(4)39(47)49-26-24-22-20-18-16-14-12-10-8-6-2/h27-31H,5-26H2,1-4H3,(H,40,41). The number of aromatic carboxylic acids is 1. The molecule has 0 aliphatic carbocycles. The Balaban J connectivity index is 2.47. The first-order valence-electron chi connectivity index (χ1n) is 18.8. The molecule has 4 nitrogen and oxygen atoms in total. The normalized spacial score (nSPS) is 12.3. The molecule has 0 radical (unpaired) electrons. The predicted octanol–water partition coefficient (Wildman–Crippen LogP) is 14.0. The van der Waals surface area contributed by atoms with Gasteiger partial charge < -0.3 is 14.6 Å². The van der Waals surface area contributed by atoms with Crippen molar-refractivity contribution in [3.63, 3.8) is 0 Å². The molecule has 0 saturated carbocycles. The Morgan fingerprint density at radius 1 is 0.571 bits per heavy atom. The molecule has 1 aromatic rings. The minimum absolute atomic E-state index is 0.0224. The predicted molar refractivity (Wildman–Crippen MR) is 232 cm³/mol. The summed E-state index contributed by atoms with van der Waals surface area (Å²) in [5.41, 5.74) is 0.0224. The summed E-state index contributed by atoms with van der Waals surface area (Å²) in [6.07, 6.45) is 26.0. The van der Waals surface area contributed by atoms with Crippen LogP contribution in [0.3, 0.4) is 0 Å². The van der Waals surface area contributed by atoms with E-state index in [0.717, 1.165) is 32.7 Å². The van der Waals surface area contributed by atoms with Crippen LogP contribution in [0.4, 0.5) is 0 Å². The zero-order valence-corrected chi connectivity index (χ0v) is 35.5. The number of ether oxygens (including phenoxy) is 2. The molecular weight excluding hydrogens is 725 g/mol. The highest BCUT2D eigenvalue weighted by atomic mass is 32.2. The zero-order chi connectivity index (χ0) is 36.3. The molecular formula is C39H62O4S6. The molecule has 2 unspecified atom stereocenters. The Kier molecular flexibility index (Phi) is 28.3. The third kappa shape index (κ3) is 22.8. The number of unbranched alkanes of at least 4 members (excludes halogenated alkanes) is 18. The fourth-order valence-electron chi connectivity index (χ4n) is 5.19. The topological polar surface area (TPSA) is 55.8 Å². The van der Waals surface area contributed by atoms with E-state index in [0.29, 0.717) is 10.1 Å². The molecule has 1 N–H and O–H groups in total. The van der Waals surface area contributed by atoms with Crippen LogP contribution in [-0.4, -0.2) is 41.1 Å². The van der Waals surface area contributed by atoms with E-state index in [1.165, 1.54) is 128 Å². The number of hydrogen-bond donors (Lipinski definition) is 1. The van der Waals surface area contributed by atoms with Crippen LogP contribution in [0, 0.1) is 11.8 Å². The van der Waals surface area contributed by atoms with Crippen molar-refractivity contribution in [1.82, 2.24) is 0 Å². The van der Waals surface area contributed by atoms with Gasteiger partial charge in [-0.25, -0.2) is 4.79 Å². The minimum atomic E-state index is -1.10. The maximum Gasteiger partial charge on any atom is 0.335 e. The minimum Gasteiger partial charge on any atom is -0.478 e. The van der Waals surface area contributed by atoms with Crippen LogP contribution < -0.4 is 9.47 Å². The summed E-state index contributed by atoms with van der Waals surface area (Å²) in [7, 11) is 0. The molecule has 0 fully saturated rings. The smallest absolute Gasteiger partial charge is 0.335 e. The van der Waals surface area contributed by atoms with Crippen LogP contribution in [0.1, 0.15) is 166 Å². The molecule has 0 bridgehead atoms. The van der Waals surface area contributed by atoms with Crippen LogP contribution in [-0.2, 0) is 0 Å². The molecule has 0 aliphatic rings. The van der Waals surface area contributed by atoms with Crippen molar-refractivity contribution in [2.45, 2.75) is 156 Å². The van der Waals surface area contributed by atoms with Crippen LogP contribution in [0.2, 0.25) is 0 Å². The third-order valence-corrected chi connectivity index (χ3v) is 13.0. The van der Waals surface area contributed by atoms with Gasteiger partial charge in [0.05, 0.1) is 25.8 Å². The molecule has 0 aliphatic heterocycles. The molecule has 49 heavy (non-hydrogen) atoms. The first-order chi connectivity index (χ1) is 23.6. The molecule has 1 rings (SSSR count). The van der Waals surface area contributed by atoms with E-state index in [1.54, 1.807) is 29.6 Å². The van der Waals surface area contributed by atoms with Crippen molar-refractivity contribution in [3.8, 4) is 11.5 Å². The Hall–Kier alpha value is -0.650. The molecule has 0 saturated heterocycles. The average Bonchev–Trinajstić information content (AvgIpc) is 3.08. The third-order valence-electron chi connectivity index (χ3n) is 8.46. The summed E-state index contributed by atoms with van der Waals surface area (Å²) in [6.45, 7) is 8.37. The molecule has 0 aromatic heterocycles. The largest absolute Gasteiger partial charge is 0.478 e. The van der Waals surface area contributed by atoms with Gasteiger partial charge in [-0.3, -0.25) is 0 Å². The molecule has 10 heteroatoms. The number of carboxylic acids is 1. The summed E-state index contributed by atoms with van der Waals surface area (Å²) in [6, 6.07) is 4.49. The first-order valence-corrected chi connectivity index (χ1v) is 22.4. The number of carboxylic acid groups (broad SMARTS) is 1. The lowest BCUT2D eigenvalue weighted by molar-refractivity contribution is 0.0696. The molecule has 0 heterocycles. The fraction of sp³-hybridized carbons (Fsp3) is 0.718. The maximum absolute atomic E-state index is 11.9. The van der Waals surface area contributed by atoms with Gasteiger partial charge in [0.15, 0.2) is 10.1 Å². The fourth-order valence-corrected chi connectivity index (χ4v) is 8.44. The second-order valence-electron chi connectivity index (χ2n) is 13.0. The van der Waals surface area contributed by atoms with Crippen LogP contribution in [0.5, 0.6) is 11.5 Å². The van der Waals surface area contributed by atoms with Crippen LogP contribution in [0.25, 0.3) is 0 Å². The van der Waals surface area contributed by atoms with Gasteiger partial charge in [0.1, 0.15) is 11.5 Å². The summed E-state index contributed by atoms with van der Waals surface area (Å²) in [5.74, 6) is 0.890. The van der Waals surface area contributed by atoms with Gasteiger partial charge >= 0.3 is 5.97 Å². The summed E-state index contributed by atoms with van der Waals surface area (Å²) >= 11 is 25.8. The summed E-state index contributed by atoms with van der Waals surface area (Å²) in [5, 5.41) is 10.3. The quantitative estimate of drug-likeness (QED) is 0.0627. The van der Waals surface area contributed by atoms with Gasteiger partial charge in [0.2, 0.25) is 0 Å². The number of hydrogen-bond acceptors (Lipinski definition) is 9. The van der Waals surface area contributed by atoms with Gasteiger partial charge in [0.25, 0.3) is 0 Å². The maximum atomic E-state index is 11.9. The number of thiocarbonyl (C=S) groups is 4. The molecule has 0 amide bonds. The van der Waals surface area contributed by atoms with Crippen molar-refractivity contribution in [1.29, 1.82) is 0 Å². The van der Waals surface area contributed by atoms with E-state index in [-0.39, 0.29) is 28.9 Å². The van der Waals surface area contributed by atoms with E-state index in [2.05, 4.69) is 13.8 Å². The van der Waals surface area contributed by atoms with Gasteiger partial charge in [-0.15, -0.1) is 23.5 Å². The number of carbonyl (C=O) groups is 1. The number of thioether (sulfide) groups is 2. The highest BCUT2D eigenvalue weighted by Gasteiger charge is 2.21. The summed E-state index contributed by atoms with van der Waals surface area (Å²) in [4.78, 5) is 11.9. The van der Waals surface area contributed by atoms with Crippen molar-refractivity contribution in [3.05, 3.63) is 23.8 Å². The van der Waals surface area contributed by atoms with Gasteiger partial charge in [-0.05, 0) is 74.8 Å². The lowest BCUT2D eigenvalue weighted by Gasteiger charge is -2.18. The highest BCUT2D eigenvalue weighted by molar-refractivity contribution is 8.23. The lowest BCUT2D eigenvalue weighted by Crippen LogP contribution is -2.22. The van der Waals surface area contributed by atoms with Crippen molar-refractivity contribution in [2.24, 2.45) is 11.8 Å². The molecule has 0 spiro atoms. The average molecular weight is 787 g/mol. The SMILES string of the molecule is CCCCCCCCCCCCSC(=S)C(C)C(=S)Oc1cc(OC(=S)C(C)C(=S)SCCCCCCCCCCCC)cc(C(=O)O)c1. The van der Waals surface area contributed by atoms with Crippen LogP contribution in [0.15, 0.2) is 18.2 Å². The number of benzene rings is 1. The Bertz CT molecular complexity index is 1050. The van der Waals surface area contributed by atoms with Gasteiger partial charge in [-0.2, -0.15) is 0 Å².